The largest absolute Gasteiger partial charge is 0.400 e. The van der Waals surface area contributed by atoms with E-state index in [0.717, 1.165) is 18.4 Å². The van der Waals surface area contributed by atoms with Gasteiger partial charge in [0, 0.05) is 10.9 Å². The lowest BCUT2D eigenvalue weighted by atomic mass is 10.1. The number of hydrogen-bond acceptors (Lipinski definition) is 4. The van der Waals surface area contributed by atoms with Crippen molar-refractivity contribution in [3.8, 4) is 0 Å². The molecule has 4 nitrogen and oxygen atoms in total. The zero-order valence-corrected chi connectivity index (χ0v) is 15.4. The zero-order valence-electron chi connectivity index (χ0n) is 13.7. The highest BCUT2D eigenvalue weighted by Crippen LogP contribution is 2.36. The molecule has 0 radical (unpaired) electrons. The van der Waals surface area contributed by atoms with E-state index in [4.69, 9.17) is 0 Å². The minimum Gasteiger partial charge on any atom is -0.287 e. The predicted molar refractivity (Wildman–Crippen MR) is 92.7 cm³/mol. The average Bonchev–Trinajstić information content (AvgIpc) is 3.24. The highest BCUT2D eigenvalue weighted by atomic mass is 32.2. The first kappa shape index (κ1) is 18.4. The Morgan fingerprint density at radius 2 is 1.96 bits per heavy atom. The molecule has 1 saturated carbocycles. The van der Waals surface area contributed by atoms with Crippen molar-refractivity contribution in [1.29, 1.82) is 0 Å². The van der Waals surface area contributed by atoms with Crippen molar-refractivity contribution in [3.05, 3.63) is 23.3 Å². The third kappa shape index (κ3) is 4.25. The molecule has 3 rings (SSSR count). The lowest BCUT2D eigenvalue weighted by Crippen LogP contribution is -2.31. The van der Waals surface area contributed by atoms with Gasteiger partial charge in [0.2, 0.25) is 5.91 Å². The van der Waals surface area contributed by atoms with Crippen LogP contribution in [0.2, 0.25) is 0 Å². The van der Waals surface area contributed by atoms with E-state index in [1.807, 2.05) is 0 Å². The van der Waals surface area contributed by atoms with Crippen LogP contribution in [0, 0.1) is 13.8 Å². The second-order valence-corrected chi connectivity index (χ2v) is 8.55. The number of carbonyl (C=O) groups excluding carboxylic acids is 1. The quantitative estimate of drug-likeness (QED) is 0.788. The summed E-state index contributed by atoms with van der Waals surface area (Å²) in [5, 5.41) is 0.576. The third-order valence-electron chi connectivity index (χ3n) is 3.96. The van der Waals surface area contributed by atoms with Crippen LogP contribution in [0.5, 0.6) is 0 Å². The summed E-state index contributed by atoms with van der Waals surface area (Å²) in [5.41, 5.74) is 1.77. The van der Waals surface area contributed by atoms with E-state index >= 15 is 0 Å². The fraction of sp³-hybridized carbons (Fsp3) is 0.500. The number of amides is 1. The van der Waals surface area contributed by atoms with E-state index in [9.17, 15) is 22.2 Å². The van der Waals surface area contributed by atoms with Gasteiger partial charge in [-0.25, -0.2) is 4.99 Å². The zero-order chi connectivity index (χ0) is 18.4. The fourth-order valence-corrected chi connectivity index (χ4v) is 4.73. The maximum absolute atomic E-state index is 12.6. The van der Waals surface area contributed by atoms with Crippen molar-refractivity contribution in [2.24, 2.45) is 4.99 Å². The van der Waals surface area contributed by atoms with E-state index in [2.05, 4.69) is 4.99 Å². The Kier molecular flexibility index (Phi) is 4.98. The Morgan fingerprint density at radius 1 is 1.28 bits per heavy atom. The second-order valence-electron chi connectivity index (χ2n) is 6.19. The number of amidine groups is 1. The van der Waals surface area contributed by atoms with Crippen molar-refractivity contribution in [3.63, 3.8) is 0 Å². The van der Waals surface area contributed by atoms with Crippen LogP contribution < -0.4 is 0 Å². The minimum absolute atomic E-state index is 0.0110. The molecule has 1 unspecified atom stereocenters. The van der Waals surface area contributed by atoms with Gasteiger partial charge in [0.25, 0.3) is 0 Å². The maximum atomic E-state index is 12.6. The van der Waals surface area contributed by atoms with Crippen LogP contribution in [-0.4, -0.2) is 43.9 Å². The third-order valence-corrected chi connectivity index (χ3v) is 6.42. The van der Waals surface area contributed by atoms with Gasteiger partial charge in [-0.1, -0.05) is 17.8 Å². The molecule has 0 bridgehead atoms. The van der Waals surface area contributed by atoms with Gasteiger partial charge >= 0.3 is 6.18 Å². The van der Waals surface area contributed by atoms with E-state index < -0.39 is 22.7 Å². The van der Waals surface area contributed by atoms with Crippen LogP contribution in [0.3, 0.4) is 0 Å². The molecule has 0 spiro atoms. The molecule has 25 heavy (non-hydrogen) atoms. The summed E-state index contributed by atoms with van der Waals surface area (Å²) in [6, 6.07) is 3.32. The smallest absolute Gasteiger partial charge is 0.287 e. The average molecular weight is 390 g/mol. The molecule has 1 aromatic rings. The normalized spacial score (nSPS) is 21.2. The first-order chi connectivity index (χ1) is 11.7. The summed E-state index contributed by atoms with van der Waals surface area (Å²) >= 11 is 1.33. The molecule has 136 valence electrons. The number of nitrogens with zero attached hydrogens (tertiary/aromatic N) is 2. The van der Waals surface area contributed by atoms with Crippen LogP contribution in [0.4, 0.5) is 18.9 Å². The van der Waals surface area contributed by atoms with Gasteiger partial charge < -0.3 is 0 Å². The summed E-state index contributed by atoms with van der Waals surface area (Å²) in [7, 11) is -2.18. The molecule has 1 aliphatic carbocycles. The Hall–Kier alpha value is -1.35. The van der Waals surface area contributed by atoms with Crippen LogP contribution in [0.1, 0.15) is 24.0 Å². The van der Waals surface area contributed by atoms with E-state index in [1.54, 1.807) is 24.8 Å². The Labute approximate surface area is 150 Å². The summed E-state index contributed by atoms with van der Waals surface area (Å²) in [6.45, 7) is 3.43. The lowest BCUT2D eigenvalue weighted by Gasteiger charge is -2.16. The molecular weight excluding hydrogens is 373 g/mol. The van der Waals surface area contributed by atoms with E-state index in [1.165, 1.54) is 17.8 Å². The number of halogens is 3. The van der Waals surface area contributed by atoms with Gasteiger partial charge in [-0.15, -0.1) is 0 Å². The SMILES string of the molecule is Cc1cc(C)c(S(=O)CC(F)(F)F)cc1N=C1SCC(=O)N1C1CC1. The number of alkyl halides is 3. The summed E-state index contributed by atoms with van der Waals surface area (Å²) < 4.78 is 49.7. The van der Waals surface area contributed by atoms with Gasteiger partial charge in [0.1, 0.15) is 5.75 Å². The minimum atomic E-state index is -4.50. The van der Waals surface area contributed by atoms with Gasteiger partial charge in [-0.3, -0.25) is 13.9 Å². The molecule has 1 saturated heterocycles. The number of thioether (sulfide) groups is 1. The molecule has 1 heterocycles. The van der Waals surface area contributed by atoms with E-state index in [0.29, 0.717) is 22.2 Å². The van der Waals surface area contributed by atoms with Crippen molar-refractivity contribution in [2.75, 3.05) is 11.5 Å². The molecule has 0 N–H and O–H groups in total. The maximum Gasteiger partial charge on any atom is 0.400 e. The first-order valence-corrected chi connectivity index (χ1v) is 10.1. The Morgan fingerprint density at radius 3 is 2.56 bits per heavy atom. The van der Waals surface area contributed by atoms with Crippen LogP contribution in [0.15, 0.2) is 22.0 Å². The highest BCUT2D eigenvalue weighted by Gasteiger charge is 2.40. The van der Waals surface area contributed by atoms with Crippen molar-refractivity contribution >= 4 is 39.3 Å². The Balaban J connectivity index is 1.94. The van der Waals surface area contributed by atoms with Crippen molar-refractivity contribution < 1.29 is 22.2 Å². The molecule has 1 aliphatic heterocycles. The molecule has 2 fully saturated rings. The van der Waals surface area contributed by atoms with Crippen molar-refractivity contribution in [2.45, 2.75) is 43.8 Å². The molecule has 2 aliphatic rings. The van der Waals surface area contributed by atoms with Gasteiger partial charge in [-0.05, 0) is 43.9 Å². The van der Waals surface area contributed by atoms with Crippen LogP contribution >= 0.6 is 11.8 Å². The highest BCUT2D eigenvalue weighted by molar-refractivity contribution is 8.15. The second kappa shape index (κ2) is 6.75. The van der Waals surface area contributed by atoms with E-state index in [-0.39, 0.29) is 16.8 Å². The molecular formula is C16H17F3N2O2S2. The number of rotatable bonds is 4. The fourth-order valence-electron chi connectivity index (χ4n) is 2.67. The number of benzene rings is 1. The monoisotopic (exact) mass is 390 g/mol. The lowest BCUT2D eigenvalue weighted by molar-refractivity contribution is -0.124. The summed E-state index contributed by atoms with van der Waals surface area (Å²) in [6.07, 6.45) is -2.61. The van der Waals surface area contributed by atoms with Gasteiger partial charge in [0.15, 0.2) is 5.17 Å². The molecule has 1 atom stereocenters. The summed E-state index contributed by atoms with van der Waals surface area (Å²) in [5.74, 6) is -1.04. The summed E-state index contributed by atoms with van der Waals surface area (Å²) in [4.78, 5) is 18.3. The number of aryl methyl sites for hydroxylation is 2. The Bertz CT molecular complexity index is 773. The molecule has 0 aromatic heterocycles. The van der Waals surface area contributed by atoms with Gasteiger partial charge in [0.05, 0.1) is 22.2 Å². The van der Waals surface area contributed by atoms with Crippen LogP contribution in [-0.2, 0) is 15.6 Å². The molecule has 1 amide bonds. The first-order valence-electron chi connectivity index (χ1n) is 7.75. The standard InChI is InChI=1S/C16H17F3N2O2S2/c1-9-5-10(2)13(25(23)8-16(17,18)19)6-12(9)20-15-21(11-3-4-11)14(22)7-24-15/h5-6,11H,3-4,7-8H2,1-2H3. The number of hydrogen-bond donors (Lipinski definition) is 0. The topological polar surface area (TPSA) is 49.7 Å². The number of carbonyl (C=O) groups is 1. The van der Waals surface area contributed by atoms with Crippen LogP contribution in [0.25, 0.3) is 0 Å². The number of aliphatic imine (C=N–C) groups is 1. The molecule has 9 heteroatoms. The van der Waals surface area contributed by atoms with Crippen molar-refractivity contribution in [1.82, 2.24) is 4.90 Å². The molecule has 1 aromatic carbocycles. The van der Waals surface area contributed by atoms with Gasteiger partial charge in [-0.2, -0.15) is 13.2 Å². The predicted octanol–water partition coefficient (Wildman–Crippen LogP) is 3.70.